The Balaban J connectivity index is 1.84. The van der Waals surface area contributed by atoms with E-state index in [1.54, 1.807) is 7.11 Å². The molecule has 1 N–H and O–H groups in total. The van der Waals surface area contributed by atoms with Crippen molar-refractivity contribution in [3.8, 4) is 11.5 Å². The normalized spacial score (nSPS) is 17.0. The van der Waals surface area contributed by atoms with Crippen LogP contribution in [0.5, 0.6) is 11.5 Å². The molecule has 0 spiro atoms. The lowest BCUT2D eigenvalue weighted by molar-refractivity contribution is -0.140. The molecule has 1 aliphatic rings. The molecular formula is C29H29NO5. The van der Waals surface area contributed by atoms with Crippen molar-refractivity contribution < 1.29 is 24.2 Å². The van der Waals surface area contributed by atoms with Crippen LogP contribution in [0.1, 0.15) is 40.8 Å². The molecule has 1 amide bonds. The van der Waals surface area contributed by atoms with E-state index >= 15 is 0 Å². The van der Waals surface area contributed by atoms with Gasteiger partial charge < -0.3 is 19.5 Å². The minimum atomic E-state index is -0.743. The van der Waals surface area contributed by atoms with Gasteiger partial charge >= 0.3 is 0 Å². The number of rotatable bonds is 7. The van der Waals surface area contributed by atoms with Gasteiger partial charge in [0, 0.05) is 12.1 Å². The number of amides is 1. The van der Waals surface area contributed by atoms with Crippen LogP contribution in [0.15, 0.2) is 72.3 Å². The second-order valence-corrected chi connectivity index (χ2v) is 8.60. The van der Waals surface area contributed by atoms with Crippen molar-refractivity contribution in [3.63, 3.8) is 0 Å². The maximum atomic E-state index is 13.3. The first-order chi connectivity index (χ1) is 16.8. The summed E-state index contributed by atoms with van der Waals surface area (Å²) in [5.41, 5.74) is 3.95. The summed E-state index contributed by atoms with van der Waals surface area (Å²) in [6, 6.07) is 19.6. The van der Waals surface area contributed by atoms with Gasteiger partial charge in [0.15, 0.2) is 0 Å². The zero-order valence-corrected chi connectivity index (χ0v) is 20.4. The van der Waals surface area contributed by atoms with E-state index in [2.05, 4.69) is 0 Å². The highest BCUT2D eigenvalue weighted by Crippen LogP contribution is 2.41. The van der Waals surface area contributed by atoms with Crippen LogP contribution in [-0.4, -0.2) is 35.4 Å². The monoisotopic (exact) mass is 471 g/mol. The number of ether oxygens (including phenoxy) is 2. The van der Waals surface area contributed by atoms with E-state index in [-0.39, 0.29) is 17.9 Å². The summed E-state index contributed by atoms with van der Waals surface area (Å²) in [4.78, 5) is 28.1. The summed E-state index contributed by atoms with van der Waals surface area (Å²) in [5, 5.41) is 11.4. The maximum absolute atomic E-state index is 13.3. The minimum Gasteiger partial charge on any atom is -0.507 e. The van der Waals surface area contributed by atoms with E-state index in [1.165, 1.54) is 4.90 Å². The summed E-state index contributed by atoms with van der Waals surface area (Å²) in [7, 11) is 1.59. The van der Waals surface area contributed by atoms with Gasteiger partial charge in [0.05, 0.1) is 25.3 Å². The quantitative estimate of drug-likeness (QED) is 0.286. The van der Waals surface area contributed by atoms with Crippen LogP contribution in [0, 0.1) is 13.8 Å². The highest BCUT2D eigenvalue weighted by Gasteiger charge is 2.46. The molecule has 6 heteroatoms. The van der Waals surface area contributed by atoms with Gasteiger partial charge in [-0.3, -0.25) is 9.59 Å². The number of hydrogen-bond donors (Lipinski definition) is 1. The largest absolute Gasteiger partial charge is 0.507 e. The average Bonchev–Trinajstić information content (AvgIpc) is 3.11. The minimum absolute atomic E-state index is 0.0846. The Morgan fingerprint density at radius 3 is 2.23 bits per heavy atom. The van der Waals surface area contributed by atoms with Crippen molar-refractivity contribution in [2.24, 2.45) is 0 Å². The average molecular weight is 472 g/mol. The van der Waals surface area contributed by atoms with Gasteiger partial charge in [-0.05, 0) is 67.8 Å². The van der Waals surface area contributed by atoms with E-state index in [0.717, 1.165) is 16.7 Å². The third-order valence-electron chi connectivity index (χ3n) is 6.21. The molecule has 1 fully saturated rings. The Morgan fingerprint density at radius 1 is 0.943 bits per heavy atom. The molecule has 1 unspecified atom stereocenters. The SMILES string of the molecule is CCOc1ccc(C2/C(=C(\O)c3cc(C)ccc3C)C(=O)C(=O)N2Cc2ccc(OC)cc2)cc1. The number of hydrogen-bond acceptors (Lipinski definition) is 5. The highest BCUT2D eigenvalue weighted by atomic mass is 16.5. The number of carbonyl (C=O) groups is 2. The summed E-state index contributed by atoms with van der Waals surface area (Å²) in [6.45, 7) is 6.43. The van der Waals surface area contributed by atoms with Crippen LogP contribution < -0.4 is 9.47 Å². The van der Waals surface area contributed by atoms with Gasteiger partial charge in [-0.25, -0.2) is 0 Å². The molecule has 35 heavy (non-hydrogen) atoms. The van der Waals surface area contributed by atoms with Crippen molar-refractivity contribution in [1.82, 2.24) is 4.90 Å². The molecule has 0 bridgehead atoms. The van der Waals surface area contributed by atoms with Crippen molar-refractivity contribution in [1.29, 1.82) is 0 Å². The molecule has 4 rings (SSSR count). The number of aliphatic hydroxyl groups excluding tert-OH is 1. The second kappa shape index (κ2) is 10.1. The molecule has 0 radical (unpaired) electrons. The van der Waals surface area contributed by atoms with Gasteiger partial charge in [-0.1, -0.05) is 42.0 Å². The fraction of sp³-hybridized carbons (Fsp3) is 0.241. The third kappa shape index (κ3) is 4.78. The summed E-state index contributed by atoms with van der Waals surface area (Å²) in [6.07, 6.45) is 0. The van der Waals surface area contributed by atoms with Crippen LogP contribution >= 0.6 is 0 Å². The molecule has 1 heterocycles. The van der Waals surface area contributed by atoms with E-state index in [1.807, 2.05) is 87.5 Å². The van der Waals surface area contributed by atoms with E-state index < -0.39 is 17.7 Å². The predicted octanol–water partition coefficient (Wildman–Crippen LogP) is 5.33. The first kappa shape index (κ1) is 24.1. The maximum Gasteiger partial charge on any atom is 0.295 e. The molecule has 6 nitrogen and oxygen atoms in total. The van der Waals surface area contributed by atoms with E-state index in [0.29, 0.717) is 29.2 Å². The summed E-state index contributed by atoms with van der Waals surface area (Å²) < 4.78 is 10.8. The van der Waals surface area contributed by atoms with Crippen molar-refractivity contribution in [2.75, 3.05) is 13.7 Å². The molecule has 3 aromatic rings. The summed E-state index contributed by atoms with van der Waals surface area (Å²) in [5.74, 6) is -0.116. The third-order valence-corrected chi connectivity index (χ3v) is 6.21. The standard InChI is InChI=1S/C29H29NO5/c1-5-35-23-14-10-21(11-15-23)26-25(27(31)24-16-18(2)6-7-19(24)3)28(32)29(33)30(26)17-20-8-12-22(34-4)13-9-20/h6-16,26,31H,5,17H2,1-4H3/b27-25+. The Hall–Kier alpha value is -4.06. The van der Waals surface area contributed by atoms with Crippen molar-refractivity contribution >= 4 is 17.4 Å². The van der Waals surface area contributed by atoms with Crippen LogP contribution in [0.4, 0.5) is 0 Å². The van der Waals surface area contributed by atoms with Crippen LogP contribution in [-0.2, 0) is 16.1 Å². The Kier molecular flexibility index (Phi) is 6.92. The smallest absolute Gasteiger partial charge is 0.295 e. The number of methoxy groups -OCH3 is 1. The zero-order valence-electron chi connectivity index (χ0n) is 20.4. The number of likely N-dealkylation sites (tertiary alicyclic amines) is 1. The van der Waals surface area contributed by atoms with Gasteiger partial charge in [-0.15, -0.1) is 0 Å². The van der Waals surface area contributed by atoms with Crippen molar-refractivity contribution in [3.05, 3.63) is 100 Å². The highest BCUT2D eigenvalue weighted by molar-refractivity contribution is 6.46. The lowest BCUT2D eigenvalue weighted by atomic mass is 9.93. The van der Waals surface area contributed by atoms with Crippen molar-refractivity contribution in [2.45, 2.75) is 33.4 Å². The number of aliphatic hydroxyl groups is 1. The first-order valence-corrected chi connectivity index (χ1v) is 11.6. The molecule has 0 saturated carbocycles. The second-order valence-electron chi connectivity index (χ2n) is 8.60. The Labute approximate surface area is 205 Å². The predicted molar refractivity (Wildman–Crippen MR) is 134 cm³/mol. The number of ketones is 1. The Morgan fingerprint density at radius 2 is 1.60 bits per heavy atom. The lowest BCUT2D eigenvalue weighted by Gasteiger charge is -2.26. The first-order valence-electron chi connectivity index (χ1n) is 11.6. The number of benzene rings is 3. The van der Waals surface area contributed by atoms with Crippen LogP contribution in [0.2, 0.25) is 0 Å². The van der Waals surface area contributed by atoms with Gasteiger partial charge in [0.25, 0.3) is 11.7 Å². The molecule has 1 atom stereocenters. The molecule has 1 saturated heterocycles. The molecule has 180 valence electrons. The molecule has 1 aliphatic heterocycles. The summed E-state index contributed by atoms with van der Waals surface area (Å²) >= 11 is 0. The van der Waals surface area contributed by atoms with Gasteiger partial charge in [0.1, 0.15) is 17.3 Å². The fourth-order valence-corrected chi connectivity index (χ4v) is 4.37. The van der Waals surface area contributed by atoms with E-state index in [4.69, 9.17) is 9.47 Å². The molecule has 3 aromatic carbocycles. The number of carbonyl (C=O) groups excluding carboxylic acids is 2. The molecular weight excluding hydrogens is 442 g/mol. The Bertz CT molecular complexity index is 1280. The fourth-order valence-electron chi connectivity index (χ4n) is 4.37. The number of aryl methyl sites for hydroxylation is 2. The van der Waals surface area contributed by atoms with Gasteiger partial charge in [0.2, 0.25) is 0 Å². The molecule has 0 aliphatic carbocycles. The van der Waals surface area contributed by atoms with Gasteiger partial charge in [-0.2, -0.15) is 0 Å². The van der Waals surface area contributed by atoms with Crippen LogP contribution in [0.25, 0.3) is 5.76 Å². The topological polar surface area (TPSA) is 76.1 Å². The molecule has 0 aromatic heterocycles. The number of Topliss-reactive ketones (excluding diaryl/α,β-unsaturated/α-hetero) is 1. The van der Waals surface area contributed by atoms with Crippen LogP contribution in [0.3, 0.4) is 0 Å². The zero-order chi connectivity index (χ0) is 25.1. The number of nitrogens with zero attached hydrogens (tertiary/aromatic N) is 1. The van der Waals surface area contributed by atoms with E-state index in [9.17, 15) is 14.7 Å². The lowest BCUT2D eigenvalue weighted by Crippen LogP contribution is -2.29.